The van der Waals surface area contributed by atoms with Crippen LogP contribution in [0.5, 0.6) is 0 Å². The third-order valence-corrected chi connectivity index (χ3v) is 4.04. The number of ether oxygens (including phenoxy) is 1. The third kappa shape index (κ3) is 6.87. The van der Waals surface area contributed by atoms with Crippen LogP contribution < -0.4 is 10.6 Å². The lowest BCUT2D eigenvalue weighted by Crippen LogP contribution is -2.35. The Morgan fingerprint density at radius 3 is 2.29 bits per heavy atom. The third-order valence-electron chi connectivity index (χ3n) is 4.04. The van der Waals surface area contributed by atoms with Crippen molar-refractivity contribution < 1.29 is 19.1 Å². The summed E-state index contributed by atoms with van der Waals surface area (Å²) in [5, 5.41) is 5.56. The van der Waals surface area contributed by atoms with Crippen molar-refractivity contribution in [2.75, 3.05) is 11.9 Å². The molecule has 28 heavy (non-hydrogen) atoms. The van der Waals surface area contributed by atoms with E-state index >= 15 is 0 Å². The summed E-state index contributed by atoms with van der Waals surface area (Å²) in [6.07, 6.45) is 1.93. The second-order valence-corrected chi connectivity index (χ2v) is 6.56. The lowest BCUT2D eigenvalue weighted by molar-refractivity contribution is -0.116. The molecule has 1 unspecified atom stereocenters. The highest BCUT2D eigenvalue weighted by molar-refractivity contribution is 5.96. The van der Waals surface area contributed by atoms with Gasteiger partial charge in [-0.05, 0) is 49.7 Å². The SMILES string of the molecule is CCCCOC(=O)c1ccc(NC(=O)CC(C)NC(=O)c2ccccc2)cc1. The zero-order chi connectivity index (χ0) is 20.4. The van der Waals surface area contributed by atoms with Crippen LogP contribution in [0.1, 0.15) is 53.8 Å². The number of rotatable bonds is 9. The number of nitrogens with one attached hydrogen (secondary N) is 2. The molecule has 6 nitrogen and oxygen atoms in total. The summed E-state index contributed by atoms with van der Waals surface area (Å²) in [5.41, 5.74) is 1.57. The Morgan fingerprint density at radius 1 is 0.964 bits per heavy atom. The van der Waals surface area contributed by atoms with Crippen molar-refractivity contribution >= 4 is 23.5 Å². The number of esters is 1. The number of hydrogen-bond acceptors (Lipinski definition) is 4. The van der Waals surface area contributed by atoms with Crippen LogP contribution in [0.2, 0.25) is 0 Å². The number of amides is 2. The van der Waals surface area contributed by atoms with E-state index in [9.17, 15) is 14.4 Å². The molecule has 0 heterocycles. The molecule has 0 saturated carbocycles. The van der Waals surface area contributed by atoms with Gasteiger partial charge in [0.25, 0.3) is 5.91 Å². The Labute approximate surface area is 165 Å². The van der Waals surface area contributed by atoms with E-state index in [0.29, 0.717) is 23.4 Å². The van der Waals surface area contributed by atoms with Crippen molar-refractivity contribution in [3.05, 3.63) is 65.7 Å². The van der Waals surface area contributed by atoms with Crippen LogP contribution in [0.15, 0.2) is 54.6 Å². The lowest BCUT2D eigenvalue weighted by Gasteiger charge is -2.14. The molecule has 0 fully saturated rings. The van der Waals surface area contributed by atoms with Crippen molar-refractivity contribution in [2.45, 2.75) is 39.2 Å². The number of carbonyl (C=O) groups excluding carboxylic acids is 3. The van der Waals surface area contributed by atoms with Gasteiger partial charge in [-0.3, -0.25) is 9.59 Å². The largest absolute Gasteiger partial charge is 0.462 e. The van der Waals surface area contributed by atoms with Crippen molar-refractivity contribution in [3.8, 4) is 0 Å². The monoisotopic (exact) mass is 382 g/mol. The molecule has 2 N–H and O–H groups in total. The van der Waals surface area contributed by atoms with Gasteiger partial charge in [0.05, 0.1) is 12.2 Å². The first kappa shape index (κ1) is 21.2. The molecule has 2 amide bonds. The summed E-state index contributed by atoms with van der Waals surface area (Å²) in [7, 11) is 0. The van der Waals surface area contributed by atoms with Gasteiger partial charge in [-0.2, -0.15) is 0 Å². The fourth-order valence-electron chi connectivity index (χ4n) is 2.52. The van der Waals surface area contributed by atoms with Gasteiger partial charge < -0.3 is 15.4 Å². The molecule has 0 aliphatic carbocycles. The molecule has 0 radical (unpaired) electrons. The molecule has 0 aliphatic rings. The second-order valence-electron chi connectivity index (χ2n) is 6.56. The van der Waals surface area contributed by atoms with E-state index in [0.717, 1.165) is 12.8 Å². The first-order chi connectivity index (χ1) is 13.5. The normalized spacial score (nSPS) is 11.4. The summed E-state index contributed by atoms with van der Waals surface area (Å²) < 4.78 is 5.15. The van der Waals surface area contributed by atoms with Gasteiger partial charge in [0, 0.05) is 23.7 Å². The molecule has 0 spiro atoms. The summed E-state index contributed by atoms with van der Waals surface area (Å²) in [6.45, 7) is 4.20. The number of benzene rings is 2. The molecule has 2 aromatic carbocycles. The topological polar surface area (TPSA) is 84.5 Å². The van der Waals surface area contributed by atoms with Crippen LogP contribution in [0.3, 0.4) is 0 Å². The molecule has 0 aliphatic heterocycles. The molecule has 0 saturated heterocycles. The van der Waals surface area contributed by atoms with Crippen LogP contribution in [-0.2, 0) is 9.53 Å². The van der Waals surface area contributed by atoms with E-state index in [1.165, 1.54) is 0 Å². The minimum absolute atomic E-state index is 0.138. The number of unbranched alkanes of at least 4 members (excludes halogenated alkanes) is 1. The summed E-state index contributed by atoms with van der Waals surface area (Å²) in [4.78, 5) is 36.2. The van der Waals surface area contributed by atoms with Crippen molar-refractivity contribution in [1.29, 1.82) is 0 Å². The summed E-state index contributed by atoms with van der Waals surface area (Å²) in [5.74, 6) is -0.811. The van der Waals surface area contributed by atoms with E-state index in [1.54, 1.807) is 55.5 Å². The summed E-state index contributed by atoms with van der Waals surface area (Å²) in [6, 6.07) is 15.1. The maximum absolute atomic E-state index is 12.2. The van der Waals surface area contributed by atoms with Gasteiger partial charge in [0.15, 0.2) is 0 Å². The highest BCUT2D eigenvalue weighted by atomic mass is 16.5. The van der Waals surface area contributed by atoms with E-state index < -0.39 is 0 Å². The number of hydrogen-bond donors (Lipinski definition) is 2. The molecule has 6 heteroatoms. The molecule has 148 valence electrons. The maximum atomic E-state index is 12.2. The van der Waals surface area contributed by atoms with Crippen molar-refractivity contribution in [2.24, 2.45) is 0 Å². The van der Waals surface area contributed by atoms with Crippen LogP contribution in [0.25, 0.3) is 0 Å². The Bertz CT molecular complexity index is 788. The lowest BCUT2D eigenvalue weighted by atomic mass is 10.1. The fourth-order valence-corrected chi connectivity index (χ4v) is 2.52. The van der Waals surface area contributed by atoms with Gasteiger partial charge >= 0.3 is 5.97 Å². The van der Waals surface area contributed by atoms with E-state index in [1.807, 2.05) is 13.0 Å². The minimum Gasteiger partial charge on any atom is -0.462 e. The van der Waals surface area contributed by atoms with Crippen molar-refractivity contribution in [3.63, 3.8) is 0 Å². The standard InChI is InChI=1S/C22H26N2O4/c1-3-4-14-28-22(27)18-10-12-19(13-11-18)24-20(25)15-16(2)23-21(26)17-8-6-5-7-9-17/h5-13,16H,3-4,14-15H2,1-2H3,(H,23,26)(H,24,25). The summed E-state index contributed by atoms with van der Waals surface area (Å²) >= 11 is 0. The Hall–Kier alpha value is -3.15. The predicted molar refractivity (Wildman–Crippen MR) is 108 cm³/mol. The Balaban J connectivity index is 1.80. The van der Waals surface area contributed by atoms with Crippen LogP contribution >= 0.6 is 0 Å². The molecule has 1 atom stereocenters. The molecular weight excluding hydrogens is 356 g/mol. The molecule has 0 aromatic heterocycles. The van der Waals surface area contributed by atoms with Crippen LogP contribution in [0.4, 0.5) is 5.69 Å². The maximum Gasteiger partial charge on any atom is 0.338 e. The fraction of sp³-hybridized carbons (Fsp3) is 0.318. The quantitative estimate of drug-likeness (QED) is 0.510. The molecule has 2 aromatic rings. The van der Waals surface area contributed by atoms with Gasteiger partial charge in [0.1, 0.15) is 0 Å². The molecular formula is C22H26N2O4. The Morgan fingerprint density at radius 2 is 1.64 bits per heavy atom. The average molecular weight is 382 g/mol. The Kier molecular flexibility index (Phi) is 8.21. The van der Waals surface area contributed by atoms with Gasteiger partial charge in [-0.15, -0.1) is 0 Å². The average Bonchev–Trinajstić information content (AvgIpc) is 2.69. The van der Waals surface area contributed by atoms with Crippen LogP contribution in [-0.4, -0.2) is 30.4 Å². The molecule has 0 bridgehead atoms. The first-order valence-electron chi connectivity index (χ1n) is 9.42. The van der Waals surface area contributed by atoms with E-state index in [-0.39, 0.29) is 30.2 Å². The predicted octanol–water partition coefficient (Wildman–Crippen LogP) is 3.79. The van der Waals surface area contributed by atoms with Crippen molar-refractivity contribution in [1.82, 2.24) is 5.32 Å². The highest BCUT2D eigenvalue weighted by Gasteiger charge is 2.14. The van der Waals surface area contributed by atoms with E-state index in [4.69, 9.17) is 4.74 Å². The second kappa shape index (κ2) is 10.9. The minimum atomic E-state index is -0.372. The zero-order valence-corrected chi connectivity index (χ0v) is 16.2. The van der Waals surface area contributed by atoms with E-state index in [2.05, 4.69) is 10.6 Å². The van der Waals surface area contributed by atoms with Crippen LogP contribution in [0, 0.1) is 0 Å². The first-order valence-corrected chi connectivity index (χ1v) is 9.42. The molecule has 2 rings (SSSR count). The van der Waals surface area contributed by atoms with Gasteiger partial charge in [-0.25, -0.2) is 4.79 Å². The van der Waals surface area contributed by atoms with Gasteiger partial charge in [0.2, 0.25) is 5.91 Å². The number of anilines is 1. The van der Waals surface area contributed by atoms with Gasteiger partial charge in [-0.1, -0.05) is 31.5 Å². The smallest absolute Gasteiger partial charge is 0.338 e. The zero-order valence-electron chi connectivity index (χ0n) is 16.2. The highest BCUT2D eigenvalue weighted by Crippen LogP contribution is 2.12. The number of carbonyl (C=O) groups is 3.